The number of hydrogen-bond acceptors (Lipinski definition) is 4. The van der Waals surface area contributed by atoms with Gasteiger partial charge in [0.15, 0.2) is 0 Å². The lowest BCUT2D eigenvalue weighted by molar-refractivity contribution is 0.516. The molecule has 1 fully saturated rings. The molecular formula is C14H24N2S2. The predicted octanol–water partition coefficient (Wildman–Crippen LogP) is 4.21. The van der Waals surface area contributed by atoms with Crippen LogP contribution in [0.3, 0.4) is 0 Å². The van der Waals surface area contributed by atoms with E-state index < -0.39 is 0 Å². The molecule has 18 heavy (non-hydrogen) atoms. The van der Waals surface area contributed by atoms with Crippen LogP contribution >= 0.6 is 23.1 Å². The third kappa shape index (κ3) is 4.90. The van der Waals surface area contributed by atoms with Gasteiger partial charge in [-0.2, -0.15) is 11.8 Å². The molecule has 2 rings (SSSR count). The molecule has 1 aromatic heterocycles. The molecule has 1 aliphatic carbocycles. The van der Waals surface area contributed by atoms with Crippen molar-refractivity contribution < 1.29 is 0 Å². The van der Waals surface area contributed by atoms with Crippen LogP contribution < -0.4 is 5.32 Å². The van der Waals surface area contributed by atoms with Crippen molar-refractivity contribution in [3.63, 3.8) is 0 Å². The van der Waals surface area contributed by atoms with Crippen LogP contribution in [0.25, 0.3) is 0 Å². The van der Waals surface area contributed by atoms with E-state index in [0.717, 1.165) is 17.5 Å². The van der Waals surface area contributed by atoms with E-state index in [2.05, 4.69) is 35.9 Å². The highest BCUT2D eigenvalue weighted by Gasteiger charge is 2.14. The average molecular weight is 284 g/mol. The van der Waals surface area contributed by atoms with Crippen LogP contribution in [0.2, 0.25) is 0 Å². The Hall–Kier alpha value is -0.0600. The molecule has 1 aliphatic rings. The van der Waals surface area contributed by atoms with E-state index in [1.165, 1.54) is 42.0 Å². The number of nitrogens with zero attached hydrogens (tertiary/aromatic N) is 1. The SMILES string of the molecule is CC(C)NCc1cnc(CSC2CCCCC2)s1. The van der Waals surface area contributed by atoms with E-state index in [1.807, 2.05) is 17.5 Å². The fraction of sp³-hybridized carbons (Fsp3) is 0.786. The van der Waals surface area contributed by atoms with Gasteiger partial charge in [0.2, 0.25) is 0 Å². The Bertz CT molecular complexity index is 343. The van der Waals surface area contributed by atoms with E-state index in [9.17, 15) is 0 Å². The summed E-state index contributed by atoms with van der Waals surface area (Å²) >= 11 is 3.98. The van der Waals surface area contributed by atoms with Crippen molar-refractivity contribution in [2.45, 2.75) is 69.5 Å². The van der Waals surface area contributed by atoms with Gasteiger partial charge in [0.1, 0.15) is 5.01 Å². The molecule has 1 N–H and O–H groups in total. The maximum absolute atomic E-state index is 4.54. The lowest BCUT2D eigenvalue weighted by Crippen LogP contribution is -2.21. The first-order chi connectivity index (χ1) is 8.74. The summed E-state index contributed by atoms with van der Waals surface area (Å²) in [4.78, 5) is 5.90. The Balaban J connectivity index is 1.72. The molecule has 1 aromatic rings. The van der Waals surface area contributed by atoms with Crippen LogP contribution in [-0.2, 0) is 12.3 Å². The van der Waals surface area contributed by atoms with Gasteiger partial charge in [-0.05, 0) is 12.8 Å². The van der Waals surface area contributed by atoms with Crippen LogP contribution in [-0.4, -0.2) is 16.3 Å². The predicted molar refractivity (Wildman–Crippen MR) is 82.3 cm³/mol. The zero-order chi connectivity index (χ0) is 12.8. The molecule has 2 nitrogen and oxygen atoms in total. The highest BCUT2D eigenvalue weighted by molar-refractivity contribution is 7.99. The van der Waals surface area contributed by atoms with Crippen LogP contribution in [0.4, 0.5) is 0 Å². The number of thiazole rings is 1. The molecule has 102 valence electrons. The average Bonchev–Trinajstić information content (AvgIpc) is 2.83. The fourth-order valence-corrected chi connectivity index (χ4v) is 4.45. The molecule has 0 aliphatic heterocycles. The second kappa shape index (κ2) is 7.51. The molecule has 0 bridgehead atoms. The van der Waals surface area contributed by atoms with Gasteiger partial charge in [0.05, 0.1) is 0 Å². The lowest BCUT2D eigenvalue weighted by atomic mass is 10.0. The van der Waals surface area contributed by atoms with Crippen molar-refractivity contribution >= 4 is 23.1 Å². The molecule has 0 atom stereocenters. The Morgan fingerprint density at radius 1 is 1.39 bits per heavy atom. The monoisotopic (exact) mass is 284 g/mol. The van der Waals surface area contributed by atoms with E-state index in [4.69, 9.17) is 0 Å². The molecule has 0 saturated heterocycles. The number of rotatable bonds is 6. The highest BCUT2D eigenvalue weighted by Crippen LogP contribution is 2.31. The molecule has 0 aromatic carbocycles. The fourth-order valence-electron chi connectivity index (χ4n) is 2.22. The Labute approximate surface area is 119 Å². The summed E-state index contributed by atoms with van der Waals surface area (Å²) in [5.41, 5.74) is 0. The summed E-state index contributed by atoms with van der Waals surface area (Å²) in [5.74, 6) is 1.11. The minimum Gasteiger partial charge on any atom is -0.310 e. The van der Waals surface area contributed by atoms with Crippen LogP contribution in [0.5, 0.6) is 0 Å². The molecule has 0 unspecified atom stereocenters. The molecule has 1 heterocycles. The van der Waals surface area contributed by atoms with Gasteiger partial charge < -0.3 is 5.32 Å². The third-order valence-electron chi connectivity index (χ3n) is 3.28. The molecular weight excluding hydrogens is 260 g/mol. The lowest BCUT2D eigenvalue weighted by Gasteiger charge is -2.20. The highest BCUT2D eigenvalue weighted by atomic mass is 32.2. The van der Waals surface area contributed by atoms with Gasteiger partial charge in [-0.25, -0.2) is 4.98 Å². The summed E-state index contributed by atoms with van der Waals surface area (Å²) in [6.45, 7) is 5.32. The van der Waals surface area contributed by atoms with Crippen molar-refractivity contribution in [3.05, 3.63) is 16.1 Å². The molecule has 4 heteroatoms. The minimum atomic E-state index is 0.548. The third-order valence-corrected chi connectivity index (χ3v) is 5.84. The summed E-state index contributed by atoms with van der Waals surface area (Å²) in [7, 11) is 0. The molecule has 0 spiro atoms. The number of thioether (sulfide) groups is 1. The molecule has 0 radical (unpaired) electrons. The zero-order valence-electron chi connectivity index (χ0n) is 11.4. The first kappa shape index (κ1) is 14.4. The van der Waals surface area contributed by atoms with E-state index in [0.29, 0.717) is 6.04 Å². The second-order valence-corrected chi connectivity index (χ2v) is 7.82. The van der Waals surface area contributed by atoms with Gasteiger partial charge in [-0.3, -0.25) is 0 Å². The Morgan fingerprint density at radius 3 is 2.89 bits per heavy atom. The Morgan fingerprint density at radius 2 is 2.17 bits per heavy atom. The summed E-state index contributed by atoms with van der Waals surface area (Å²) in [6, 6.07) is 0.548. The van der Waals surface area contributed by atoms with Crippen molar-refractivity contribution in [2.75, 3.05) is 0 Å². The van der Waals surface area contributed by atoms with Gasteiger partial charge >= 0.3 is 0 Å². The standard InChI is InChI=1S/C14H24N2S2/c1-11(2)15-8-13-9-16-14(18-13)10-17-12-6-4-3-5-7-12/h9,11-12,15H,3-8,10H2,1-2H3. The van der Waals surface area contributed by atoms with E-state index >= 15 is 0 Å². The maximum atomic E-state index is 4.54. The number of hydrogen-bond donors (Lipinski definition) is 1. The summed E-state index contributed by atoms with van der Waals surface area (Å²) in [5, 5.41) is 5.63. The Kier molecular flexibility index (Phi) is 5.99. The first-order valence-electron chi connectivity index (χ1n) is 7.02. The number of aromatic nitrogens is 1. The largest absolute Gasteiger partial charge is 0.310 e. The van der Waals surface area contributed by atoms with E-state index in [1.54, 1.807) is 0 Å². The van der Waals surface area contributed by atoms with Crippen LogP contribution in [0, 0.1) is 0 Å². The van der Waals surface area contributed by atoms with Crippen molar-refractivity contribution in [3.8, 4) is 0 Å². The quantitative estimate of drug-likeness (QED) is 0.847. The van der Waals surface area contributed by atoms with Crippen molar-refractivity contribution in [2.24, 2.45) is 0 Å². The topological polar surface area (TPSA) is 24.9 Å². The van der Waals surface area contributed by atoms with Gasteiger partial charge in [0.25, 0.3) is 0 Å². The summed E-state index contributed by atoms with van der Waals surface area (Å²) in [6.07, 6.45) is 9.17. The minimum absolute atomic E-state index is 0.548. The van der Waals surface area contributed by atoms with Crippen LogP contribution in [0.15, 0.2) is 6.20 Å². The summed E-state index contributed by atoms with van der Waals surface area (Å²) < 4.78 is 0. The van der Waals surface area contributed by atoms with E-state index in [-0.39, 0.29) is 0 Å². The molecule has 0 amide bonds. The second-order valence-electron chi connectivity index (χ2n) is 5.33. The zero-order valence-corrected chi connectivity index (χ0v) is 13.1. The van der Waals surface area contributed by atoms with Crippen molar-refractivity contribution in [1.29, 1.82) is 0 Å². The normalized spacial score (nSPS) is 17.5. The van der Waals surface area contributed by atoms with Gasteiger partial charge in [-0.15, -0.1) is 11.3 Å². The first-order valence-corrected chi connectivity index (χ1v) is 8.89. The van der Waals surface area contributed by atoms with Crippen molar-refractivity contribution in [1.82, 2.24) is 10.3 Å². The maximum Gasteiger partial charge on any atom is 0.103 e. The number of nitrogens with one attached hydrogen (secondary N) is 1. The molecule has 1 saturated carbocycles. The van der Waals surface area contributed by atoms with Gasteiger partial charge in [-0.1, -0.05) is 33.1 Å². The van der Waals surface area contributed by atoms with Gasteiger partial charge in [0, 0.05) is 34.7 Å². The van der Waals surface area contributed by atoms with Crippen LogP contribution in [0.1, 0.15) is 55.8 Å². The smallest absolute Gasteiger partial charge is 0.103 e.